The highest BCUT2D eigenvalue weighted by molar-refractivity contribution is 6.04. The molecule has 7 heteroatoms. The molecule has 0 N–H and O–H groups in total. The molecule has 0 spiro atoms. The molecular formula is C12H17F3O4. The summed E-state index contributed by atoms with van der Waals surface area (Å²) in [6.45, 7) is -0.381. The van der Waals surface area contributed by atoms with Crippen molar-refractivity contribution in [2.45, 2.75) is 38.8 Å². The predicted molar refractivity (Wildman–Crippen MR) is 59.4 cm³/mol. The van der Waals surface area contributed by atoms with Gasteiger partial charge in [0.2, 0.25) is 0 Å². The van der Waals surface area contributed by atoms with E-state index in [9.17, 15) is 22.8 Å². The second-order valence-corrected chi connectivity index (χ2v) is 4.54. The van der Waals surface area contributed by atoms with E-state index in [0.717, 1.165) is 0 Å². The second-order valence-electron chi connectivity index (χ2n) is 4.54. The summed E-state index contributed by atoms with van der Waals surface area (Å²) < 4.78 is 45.5. The van der Waals surface area contributed by atoms with Crippen LogP contribution in [0, 0.1) is 5.41 Å². The van der Waals surface area contributed by atoms with E-state index in [1.165, 1.54) is 0 Å². The van der Waals surface area contributed by atoms with E-state index in [4.69, 9.17) is 4.74 Å². The molecule has 0 aliphatic heterocycles. The molecule has 1 aliphatic carbocycles. The van der Waals surface area contributed by atoms with Gasteiger partial charge in [-0.15, -0.1) is 0 Å². The molecule has 0 bridgehead atoms. The molecular weight excluding hydrogens is 265 g/mol. The molecule has 4 nitrogen and oxygen atoms in total. The topological polar surface area (TPSA) is 52.6 Å². The smallest absolute Gasteiger partial charge is 0.411 e. The van der Waals surface area contributed by atoms with E-state index < -0.39 is 30.8 Å². The maximum atomic E-state index is 12.1. The number of ether oxygens (including phenoxy) is 2. The van der Waals surface area contributed by atoms with Crippen LogP contribution in [0.15, 0.2) is 0 Å². The van der Waals surface area contributed by atoms with E-state index in [1.807, 2.05) is 0 Å². The predicted octanol–water partition coefficient (Wildman–Crippen LogP) is 2.26. The largest absolute Gasteiger partial charge is 0.465 e. The normalized spacial score (nSPS) is 24.3. The Bertz CT molecular complexity index is 340. The summed E-state index contributed by atoms with van der Waals surface area (Å²) in [5, 5.41) is 0. The van der Waals surface area contributed by atoms with E-state index >= 15 is 0 Å². The van der Waals surface area contributed by atoms with Gasteiger partial charge in [0.25, 0.3) is 0 Å². The Hall–Kier alpha value is -1.11. The lowest BCUT2D eigenvalue weighted by Crippen LogP contribution is -2.47. The number of alkyl halides is 3. The molecule has 1 atom stereocenters. The van der Waals surface area contributed by atoms with Gasteiger partial charge in [0.15, 0.2) is 5.78 Å². The average Bonchev–Trinajstić information content (AvgIpc) is 2.30. The van der Waals surface area contributed by atoms with Crippen molar-refractivity contribution >= 4 is 11.8 Å². The van der Waals surface area contributed by atoms with Gasteiger partial charge < -0.3 is 9.47 Å². The lowest BCUT2D eigenvalue weighted by molar-refractivity contribution is -0.191. The van der Waals surface area contributed by atoms with Gasteiger partial charge in [0, 0.05) is 6.42 Å². The summed E-state index contributed by atoms with van der Waals surface area (Å²) in [6.07, 6.45) is -2.89. The van der Waals surface area contributed by atoms with Gasteiger partial charge in [-0.2, -0.15) is 13.2 Å². The minimum absolute atomic E-state index is 0.0765. The SMILES string of the molecule is CCOC(=O)C1(COCC(F)(F)F)CCCCC1=O. The Morgan fingerprint density at radius 3 is 2.58 bits per heavy atom. The number of hydrogen-bond donors (Lipinski definition) is 0. The van der Waals surface area contributed by atoms with E-state index in [1.54, 1.807) is 6.92 Å². The zero-order chi connectivity index (χ0) is 14.5. The summed E-state index contributed by atoms with van der Waals surface area (Å²) >= 11 is 0. The number of Topliss-reactive ketones (excluding diaryl/α,β-unsaturated/α-hetero) is 1. The van der Waals surface area contributed by atoms with Gasteiger partial charge in [-0.25, -0.2) is 0 Å². The van der Waals surface area contributed by atoms with Gasteiger partial charge in [0.1, 0.15) is 12.0 Å². The van der Waals surface area contributed by atoms with Gasteiger partial charge in [0.05, 0.1) is 13.2 Å². The van der Waals surface area contributed by atoms with Crippen molar-refractivity contribution in [3.8, 4) is 0 Å². The fourth-order valence-electron chi connectivity index (χ4n) is 2.13. The Morgan fingerprint density at radius 2 is 2.05 bits per heavy atom. The molecule has 1 rings (SSSR count). The number of carbonyl (C=O) groups excluding carboxylic acids is 2. The molecule has 0 radical (unpaired) electrons. The monoisotopic (exact) mass is 282 g/mol. The summed E-state index contributed by atoms with van der Waals surface area (Å²) in [5.41, 5.74) is -1.56. The Balaban J connectivity index is 2.74. The van der Waals surface area contributed by atoms with Crippen molar-refractivity contribution in [3.05, 3.63) is 0 Å². The zero-order valence-corrected chi connectivity index (χ0v) is 10.7. The summed E-state index contributed by atoms with van der Waals surface area (Å²) in [4.78, 5) is 23.8. The van der Waals surface area contributed by atoms with Crippen LogP contribution in [-0.2, 0) is 19.1 Å². The lowest BCUT2D eigenvalue weighted by Gasteiger charge is -2.33. The maximum Gasteiger partial charge on any atom is 0.411 e. The Kier molecular flexibility index (Phi) is 5.34. The summed E-state index contributed by atoms with van der Waals surface area (Å²) in [5.74, 6) is -1.17. The van der Waals surface area contributed by atoms with Crippen LogP contribution in [0.4, 0.5) is 13.2 Å². The van der Waals surface area contributed by atoms with Gasteiger partial charge in [-0.05, 0) is 19.8 Å². The minimum Gasteiger partial charge on any atom is -0.465 e. The van der Waals surface area contributed by atoms with Crippen LogP contribution < -0.4 is 0 Å². The molecule has 0 amide bonds. The van der Waals surface area contributed by atoms with Crippen molar-refractivity contribution in [1.29, 1.82) is 0 Å². The van der Waals surface area contributed by atoms with Crippen LogP contribution in [0.1, 0.15) is 32.6 Å². The van der Waals surface area contributed by atoms with Crippen LogP contribution in [0.5, 0.6) is 0 Å². The van der Waals surface area contributed by atoms with Crippen LogP contribution in [-0.4, -0.2) is 37.7 Å². The first-order valence-corrected chi connectivity index (χ1v) is 6.17. The standard InChI is InChI=1S/C12H17F3O4/c1-2-19-10(17)11(6-4-3-5-9(11)16)7-18-8-12(13,14)15/h2-8H2,1H3. The molecule has 1 unspecified atom stereocenters. The number of ketones is 1. The van der Waals surface area contributed by atoms with Gasteiger partial charge in [-0.1, -0.05) is 6.42 Å². The first-order chi connectivity index (χ1) is 8.82. The Labute approximate surface area is 109 Å². The molecule has 0 saturated heterocycles. The molecule has 0 heterocycles. The summed E-state index contributed by atoms with van der Waals surface area (Å²) in [7, 11) is 0. The van der Waals surface area contributed by atoms with Crippen molar-refractivity contribution in [2.75, 3.05) is 19.8 Å². The summed E-state index contributed by atoms with van der Waals surface area (Å²) in [6, 6.07) is 0. The molecule has 19 heavy (non-hydrogen) atoms. The maximum absolute atomic E-state index is 12.1. The fraction of sp³-hybridized carbons (Fsp3) is 0.833. The first kappa shape index (κ1) is 15.9. The first-order valence-electron chi connectivity index (χ1n) is 6.17. The van der Waals surface area contributed by atoms with Gasteiger partial charge in [-0.3, -0.25) is 9.59 Å². The van der Waals surface area contributed by atoms with Crippen molar-refractivity contribution in [1.82, 2.24) is 0 Å². The van der Waals surface area contributed by atoms with Crippen LogP contribution in [0.25, 0.3) is 0 Å². The van der Waals surface area contributed by atoms with Gasteiger partial charge >= 0.3 is 12.1 Å². The molecule has 0 aromatic carbocycles. The molecule has 110 valence electrons. The number of carbonyl (C=O) groups is 2. The van der Waals surface area contributed by atoms with Crippen molar-refractivity contribution in [2.24, 2.45) is 5.41 Å². The number of hydrogen-bond acceptors (Lipinski definition) is 4. The van der Waals surface area contributed by atoms with Crippen LogP contribution in [0.2, 0.25) is 0 Å². The molecule has 1 fully saturated rings. The minimum atomic E-state index is -4.48. The number of halogens is 3. The number of esters is 1. The van der Waals surface area contributed by atoms with Crippen molar-refractivity contribution < 1.29 is 32.2 Å². The van der Waals surface area contributed by atoms with Crippen LogP contribution in [0.3, 0.4) is 0 Å². The highest BCUT2D eigenvalue weighted by Crippen LogP contribution is 2.35. The molecule has 1 aliphatic rings. The highest BCUT2D eigenvalue weighted by atomic mass is 19.4. The van der Waals surface area contributed by atoms with E-state index in [0.29, 0.717) is 12.8 Å². The third-order valence-corrected chi connectivity index (χ3v) is 3.07. The van der Waals surface area contributed by atoms with E-state index in [-0.39, 0.29) is 25.2 Å². The van der Waals surface area contributed by atoms with Crippen LogP contribution >= 0.6 is 0 Å². The molecule has 0 aromatic heterocycles. The second kappa shape index (κ2) is 6.36. The average molecular weight is 282 g/mol. The fourth-order valence-corrected chi connectivity index (χ4v) is 2.13. The quantitative estimate of drug-likeness (QED) is 0.573. The van der Waals surface area contributed by atoms with Crippen molar-refractivity contribution in [3.63, 3.8) is 0 Å². The molecule has 1 saturated carbocycles. The number of rotatable bonds is 5. The highest BCUT2D eigenvalue weighted by Gasteiger charge is 2.48. The Morgan fingerprint density at radius 1 is 1.37 bits per heavy atom. The zero-order valence-electron chi connectivity index (χ0n) is 10.7. The third kappa shape index (κ3) is 4.19. The third-order valence-electron chi connectivity index (χ3n) is 3.07. The lowest BCUT2D eigenvalue weighted by atomic mass is 9.73. The van der Waals surface area contributed by atoms with E-state index in [2.05, 4.69) is 4.74 Å². The molecule has 0 aromatic rings.